The van der Waals surface area contributed by atoms with Gasteiger partial charge in [-0.2, -0.15) is 0 Å². The molecule has 2 N–H and O–H groups in total. The van der Waals surface area contributed by atoms with Crippen molar-refractivity contribution in [2.45, 2.75) is 13.8 Å². The van der Waals surface area contributed by atoms with Crippen LogP contribution >= 0.6 is 12.4 Å². The van der Waals surface area contributed by atoms with E-state index in [0.717, 1.165) is 6.54 Å². The Hall–Kier alpha value is -0.280. The number of carboxylic acids is 1. The molecule has 1 heterocycles. The fourth-order valence-corrected chi connectivity index (χ4v) is 1.67. The molecule has 4 heteroatoms. The molecule has 0 spiro atoms. The van der Waals surface area contributed by atoms with E-state index in [1.165, 1.54) is 0 Å². The number of halogens is 1. The van der Waals surface area contributed by atoms with Crippen molar-refractivity contribution in [2.24, 2.45) is 17.8 Å². The van der Waals surface area contributed by atoms with E-state index >= 15 is 0 Å². The van der Waals surface area contributed by atoms with E-state index in [4.69, 9.17) is 5.11 Å². The molecule has 0 radical (unpaired) electrons. The van der Waals surface area contributed by atoms with Crippen LogP contribution in [-0.2, 0) is 4.79 Å². The first-order chi connectivity index (χ1) is 5.13. The monoisotopic (exact) mass is 193 g/mol. The summed E-state index contributed by atoms with van der Waals surface area (Å²) < 4.78 is 0. The maximum absolute atomic E-state index is 10.7. The van der Waals surface area contributed by atoms with Crippen molar-refractivity contribution < 1.29 is 9.90 Å². The van der Waals surface area contributed by atoms with E-state index in [0.29, 0.717) is 18.4 Å². The van der Waals surface area contributed by atoms with Crippen LogP contribution in [0, 0.1) is 17.8 Å². The fourth-order valence-electron chi connectivity index (χ4n) is 1.67. The summed E-state index contributed by atoms with van der Waals surface area (Å²) in [7, 11) is 0. The zero-order valence-corrected chi connectivity index (χ0v) is 8.23. The van der Waals surface area contributed by atoms with Crippen LogP contribution in [0.4, 0.5) is 0 Å². The third kappa shape index (κ3) is 2.35. The number of carboxylic acid groups (broad SMARTS) is 1. The van der Waals surface area contributed by atoms with Crippen LogP contribution in [0.5, 0.6) is 0 Å². The molecule has 0 aromatic heterocycles. The van der Waals surface area contributed by atoms with E-state index in [-0.39, 0.29) is 18.3 Å². The van der Waals surface area contributed by atoms with Crippen LogP contribution < -0.4 is 5.32 Å². The van der Waals surface area contributed by atoms with Gasteiger partial charge in [0.05, 0.1) is 5.92 Å². The van der Waals surface area contributed by atoms with Crippen molar-refractivity contribution in [2.75, 3.05) is 13.1 Å². The van der Waals surface area contributed by atoms with Gasteiger partial charge >= 0.3 is 5.97 Å². The molecule has 0 unspecified atom stereocenters. The largest absolute Gasteiger partial charge is 0.481 e. The van der Waals surface area contributed by atoms with Crippen LogP contribution in [0.15, 0.2) is 0 Å². The molecule has 1 rings (SSSR count). The van der Waals surface area contributed by atoms with E-state index < -0.39 is 5.97 Å². The van der Waals surface area contributed by atoms with Crippen LogP contribution in [0.3, 0.4) is 0 Å². The van der Waals surface area contributed by atoms with Crippen molar-refractivity contribution in [1.29, 1.82) is 0 Å². The smallest absolute Gasteiger partial charge is 0.308 e. The van der Waals surface area contributed by atoms with Gasteiger partial charge in [-0.3, -0.25) is 4.79 Å². The van der Waals surface area contributed by atoms with E-state index in [1.807, 2.05) is 0 Å². The molecule has 0 aromatic carbocycles. The average Bonchev–Trinajstić information content (AvgIpc) is 2.32. The summed E-state index contributed by atoms with van der Waals surface area (Å²) in [5.41, 5.74) is 0. The minimum atomic E-state index is -0.659. The Morgan fingerprint density at radius 2 is 2.08 bits per heavy atom. The van der Waals surface area contributed by atoms with E-state index in [9.17, 15) is 4.79 Å². The second-order valence-electron chi connectivity index (χ2n) is 3.51. The minimum absolute atomic E-state index is 0. The molecule has 12 heavy (non-hydrogen) atoms. The van der Waals surface area contributed by atoms with Gasteiger partial charge in [0.1, 0.15) is 0 Å². The van der Waals surface area contributed by atoms with Gasteiger partial charge in [-0.25, -0.2) is 0 Å². The molecular weight excluding hydrogens is 178 g/mol. The molecule has 0 amide bonds. The first-order valence-electron chi connectivity index (χ1n) is 4.06. The van der Waals surface area contributed by atoms with Crippen LogP contribution in [0.2, 0.25) is 0 Å². The highest BCUT2D eigenvalue weighted by atomic mass is 35.5. The normalized spacial score (nSPS) is 28.6. The van der Waals surface area contributed by atoms with Gasteiger partial charge in [0, 0.05) is 6.54 Å². The lowest BCUT2D eigenvalue weighted by Gasteiger charge is -2.17. The first kappa shape index (κ1) is 11.7. The van der Waals surface area contributed by atoms with Crippen molar-refractivity contribution in [1.82, 2.24) is 5.32 Å². The molecule has 0 bridgehead atoms. The first-order valence-corrected chi connectivity index (χ1v) is 4.06. The Balaban J connectivity index is 0.00000121. The topological polar surface area (TPSA) is 49.3 Å². The summed E-state index contributed by atoms with van der Waals surface area (Å²) in [5.74, 6) is -0.0534. The summed E-state index contributed by atoms with van der Waals surface area (Å²) in [4.78, 5) is 10.7. The zero-order chi connectivity index (χ0) is 8.43. The number of aliphatic carboxylic acids is 1. The molecule has 0 aliphatic carbocycles. The highest BCUT2D eigenvalue weighted by Crippen LogP contribution is 2.24. The quantitative estimate of drug-likeness (QED) is 0.688. The standard InChI is InChI=1S/C8H15NO2.ClH/c1-5(2)6-3-9-4-7(6)8(10)11;/h5-7,9H,3-4H2,1-2H3,(H,10,11);1H/t6-,7-;/m1./s1. The predicted molar refractivity (Wildman–Crippen MR) is 49.6 cm³/mol. The third-order valence-corrected chi connectivity index (χ3v) is 2.43. The molecule has 72 valence electrons. The zero-order valence-electron chi connectivity index (χ0n) is 7.41. The summed E-state index contributed by atoms with van der Waals surface area (Å²) in [6.07, 6.45) is 0. The van der Waals surface area contributed by atoms with E-state index in [2.05, 4.69) is 19.2 Å². The van der Waals surface area contributed by atoms with Gasteiger partial charge in [0.15, 0.2) is 0 Å². The predicted octanol–water partition coefficient (Wildman–Crippen LogP) is 0.984. The van der Waals surface area contributed by atoms with Crippen molar-refractivity contribution >= 4 is 18.4 Å². The lowest BCUT2D eigenvalue weighted by molar-refractivity contribution is -0.142. The summed E-state index contributed by atoms with van der Waals surface area (Å²) >= 11 is 0. The molecule has 2 atom stereocenters. The maximum atomic E-state index is 10.7. The number of carbonyl (C=O) groups is 1. The second kappa shape index (κ2) is 4.67. The molecular formula is C8H16ClNO2. The highest BCUT2D eigenvalue weighted by Gasteiger charge is 2.34. The van der Waals surface area contributed by atoms with Crippen molar-refractivity contribution in [3.63, 3.8) is 0 Å². The highest BCUT2D eigenvalue weighted by molar-refractivity contribution is 5.85. The van der Waals surface area contributed by atoms with Gasteiger partial charge in [-0.15, -0.1) is 12.4 Å². The van der Waals surface area contributed by atoms with E-state index in [1.54, 1.807) is 0 Å². The lowest BCUT2D eigenvalue weighted by atomic mass is 9.86. The summed E-state index contributed by atoms with van der Waals surface area (Å²) in [5, 5.41) is 11.9. The van der Waals surface area contributed by atoms with Gasteiger partial charge in [0.2, 0.25) is 0 Å². The minimum Gasteiger partial charge on any atom is -0.481 e. The summed E-state index contributed by atoms with van der Waals surface area (Å²) in [6.45, 7) is 5.65. The molecule has 1 fully saturated rings. The molecule has 0 aromatic rings. The van der Waals surface area contributed by atoms with Gasteiger partial charge < -0.3 is 10.4 Å². The Kier molecular flexibility index (Phi) is 4.57. The molecule has 1 aliphatic rings. The average molecular weight is 194 g/mol. The SMILES string of the molecule is CC(C)[C@H]1CNC[C@H]1C(=O)O.Cl. The van der Waals surface area contributed by atoms with Gasteiger partial charge in [-0.1, -0.05) is 13.8 Å². The van der Waals surface area contributed by atoms with Crippen LogP contribution in [-0.4, -0.2) is 24.2 Å². The number of nitrogens with one attached hydrogen (secondary N) is 1. The fraction of sp³-hybridized carbons (Fsp3) is 0.875. The Labute approximate surface area is 78.9 Å². The second-order valence-corrected chi connectivity index (χ2v) is 3.51. The molecule has 0 saturated carbocycles. The van der Waals surface area contributed by atoms with Crippen molar-refractivity contribution in [3.05, 3.63) is 0 Å². The Bertz CT molecular complexity index is 161. The number of hydrogen-bond donors (Lipinski definition) is 2. The van der Waals surface area contributed by atoms with Gasteiger partial charge in [0.25, 0.3) is 0 Å². The van der Waals surface area contributed by atoms with Crippen LogP contribution in [0.1, 0.15) is 13.8 Å². The third-order valence-electron chi connectivity index (χ3n) is 2.43. The Morgan fingerprint density at radius 1 is 1.50 bits per heavy atom. The Morgan fingerprint density at radius 3 is 2.42 bits per heavy atom. The maximum Gasteiger partial charge on any atom is 0.308 e. The van der Waals surface area contributed by atoms with Gasteiger partial charge in [-0.05, 0) is 18.4 Å². The molecule has 1 saturated heterocycles. The molecule has 1 aliphatic heterocycles. The van der Waals surface area contributed by atoms with Crippen LogP contribution in [0.25, 0.3) is 0 Å². The number of hydrogen-bond acceptors (Lipinski definition) is 2. The number of rotatable bonds is 2. The molecule has 3 nitrogen and oxygen atoms in total. The summed E-state index contributed by atoms with van der Waals surface area (Å²) in [6, 6.07) is 0. The van der Waals surface area contributed by atoms with Crippen molar-refractivity contribution in [3.8, 4) is 0 Å². The lowest BCUT2D eigenvalue weighted by Crippen LogP contribution is -2.25.